The number of aliphatic hydroxyl groups is 1. The lowest BCUT2D eigenvalue weighted by molar-refractivity contribution is 0.184. The van der Waals surface area contributed by atoms with Gasteiger partial charge in [-0.2, -0.15) is 5.10 Å². The summed E-state index contributed by atoms with van der Waals surface area (Å²) in [5, 5.41) is 16.5. The zero-order valence-electron chi connectivity index (χ0n) is 14.3. The third-order valence-electron chi connectivity index (χ3n) is 4.36. The van der Waals surface area contributed by atoms with Gasteiger partial charge in [-0.05, 0) is 24.6 Å². The molecule has 0 aliphatic carbocycles. The Kier molecular flexibility index (Phi) is 4.48. The van der Waals surface area contributed by atoms with E-state index in [1.54, 1.807) is 14.9 Å². The van der Waals surface area contributed by atoms with Gasteiger partial charge in [0, 0.05) is 5.56 Å². The molecule has 9 heteroatoms. The molecule has 1 atom stereocenters. The largest absolute Gasteiger partial charge is 0.491 e. The molecule has 4 rings (SSSR count). The first-order chi connectivity index (χ1) is 12.6. The lowest BCUT2D eigenvalue weighted by Gasteiger charge is -2.22. The summed E-state index contributed by atoms with van der Waals surface area (Å²) in [4.78, 5) is 19.7. The molecule has 0 bridgehead atoms. The van der Waals surface area contributed by atoms with Crippen molar-refractivity contribution in [2.24, 2.45) is 0 Å². The monoisotopic (exact) mass is 373 g/mol. The summed E-state index contributed by atoms with van der Waals surface area (Å²) in [5.74, 6) is 0.756. The number of aliphatic hydroxyl groups excluding tert-OH is 1. The fraction of sp³-hybridized carbons (Fsp3) is 0.353. The van der Waals surface area contributed by atoms with E-state index in [0.29, 0.717) is 19.7 Å². The van der Waals surface area contributed by atoms with E-state index in [-0.39, 0.29) is 18.7 Å². The van der Waals surface area contributed by atoms with Crippen LogP contribution in [0.15, 0.2) is 29.9 Å². The number of aromatic nitrogens is 3. The number of imidazole rings is 1. The molecule has 0 radical (unpaired) electrons. The fourth-order valence-corrected chi connectivity index (χ4v) is 3.54. The smallest absolute Gasteiger partial charge is 0.318 e. The van der Waals surface area contributed by atoms with Gasteiger partial charge in [-0.15, -0.1) is 0 Å². The highest BCUT2D eigenvalue weighted by Crippen LogP contribution is 2.25. The molecule has 0 fully saturated rings. The number of fused-ring (bicyclic) bond motifs is 2. The molecule has 0 spiro atoms. The molecule has 0 saturated carbocycles. The van der Waals surface area contributed by atoms with Crippen molar-refractivity contribution >= 4 is 22.3 Å². The van der Waals surface area contributed by atoms with Crippen molar-refractivity contribution in [2.75, 3.05) is 13.2 Å². The lowest BCUT2D eigenvalue weighted by atomic mass is 10.1. The van der Waals surface area contributed by atoms with E-state index in [0.717, 1.165) is 27.5 Å². The summed E-state index contributed by atoms with van der Waals surface area (Å²) in [6.07, 6.45) is 1.82. The van der Waals surface area contributed by atoms with Crippen LogP contribution in [-0.4, -0.2) is 43.8 Å². The van der Waals surface area contributed by atoms with Gasteiger partial charge in [-0.1, -0.05) is 17.4 Å². The number of carbonyl (C=O) groups excluding carboxylic acids is 1. The van der Waals surface area contributed by atoms with Crippen molar-refractivity contribution in [3.8, 4) is 5.75 Å². The molecule has 136 valence electrons. The van der Waals surface area contributed by atoms with Gasteiger partial charge in [0.05, 0.1) is 37.6 Å². The molecule has 26 heavy (non-hydrogen) atoms. The average Bonchev–Trinajstić information content (AvgIpc) is 3.17. The van der Waals surface area contributed by atoms with Gasteiger partial charge < -0.3 is 20.1 Å². The number of carbonyl (C=O) groups is 1. The maximum Gasteiger partial charge on any atom is 0.318 e. The van der Waals surface area contributed by atoms with Gasteiger partial charge in [0.1, 0.15) is 17.9 Å². The van der Waals surface area contributed by atoms with Crippen LogP contribution in [0, 0.1) is 0 Å². The summed E-state index contributed by atoms with van der Waals surface area (Å²) in [7, 11) is 0. The highest BCUT2D eigenvalue weighted by Gasteiger charge is 2.22. The molecule has 1 aliphatic heterocycles. The van der Waals surface area contributed by atoms with Crippen molar-refractivity contribution in [3.63, 3.8) is 0 Å². The minimum absolute atomic E-state index is 0.0397. The van der Waals surface area contributed by atoms with Crippen LogP contribution in [0.2, 0.25) is 0 Å². The average molecular weight is 373 g/mol. The van der Waals surface area contributed by atoms with E-state index in [1.165, 1.54) is 11.3 Å². The second-order valence-electron chi connectivity index (χ2n) is 6.17. The molecular formula is C17H19N5O3S. The number of rotatable bonds is 3. The molecule has 3 aromatic rings. The van der Waals surface area contributed by atoms with Crippen LogP contribution in [0.4, 0.5) is 4.79 Å². The summed E-state index contributed by atoms with van der Waals surface area (Å²) < 4.78 is 7.43. The highest BCUT2D eigenvalue weighted by atomic mass is 32.1. The van der Waals surface area contributed by atoms with E-state index in [1.807, 2.05) is 31.3 Å². The van der Waals surface area contributed by atoms with Crippen LogP contribution in [0.25, 0.3) is 4.96 Å². The van der Waals surface area contributed by atoms with E-state index in [4.69, 9.17) is 4.74 Å². The third kappa shape index (κ3) is 3.23. The quantitative estimate of drug-likeness (QED) is 0.732. The van der Waals surface area contributed by atoms with Gasteiger partial charge in [-0.25, -0.2) is 14.3 Å². The van der Waals surface area contributed by atoms with Crippen molar-refractivity contribution in [3.05, 3.63) is 46.7 Å². The maximum absolute atomic E-state index is 12.7. The van der Waals surface area contributed by atoms with Crippen molar-refractivity contribution in [2.45, 2.75) is 26.1 Å². The molecule has 8 nitrogen and oxygen atoms in total. The molecule has 1 aliphatic rings. The van der Waals surface area contributed by atoms with Crippen molar-refractivity contribution in [1.29, 1.82) is 0 Å². The van der Waals surface area contributed by atoms with Crippen LogP contribution in [0.3, 0.4) is 0 Å². The van der Waals surface area contributed by atoms with Gasteiger partial charge in [0.25, 0.3) is 0 Å². The number of amides is 2. The first kappa shape index (κ1) is 16.8. The zero-order valence-corrected chi connectivity index (χ0v) is 15.1. The highest BCUT2D eigenvalue weighted by molar-refractivity contribution is 7.14. The number of nitrogens with one attached hydrogen (secondary N) is 1. The minimum Gasteiger partial charge on any atom is -0.491 e. The van der Waals surface area contributed by atoms with Crippen LogP contribution >= 0.6 is 11.3 Å². The topological polar surface area (TPSA) is 92.0 Å². The van der Waals surface area contributed by atoms with Gasteiger partial charge >= 0.3 is 6.03 Å². The molecule has 3 heterocycles. The third-order valence-corrected chi connectivity index (χ3v) is 5.05. The van der Waals surface area contributed by atoms with Crippen LogP contribution in [-0.2, 0) is 13.2 Å². The summed E-state index contributed by atoms with van der Waals surface area (Å²) in [6.45, 7) is 3.21. The maximum atomic E-state index is 12.7. The first-order valence-electron chi connectivity index (χ1n) is 8.33. The van der Waals surface area contributed by atoms with E-state index in [9.17, 15) is 9.90 Å². The summed E-state index contributed by atoms with van der Waals surface area (Å²) in [6, 6.07) is 5.14. The van der Waals surface area contributed by atoms with E-state index >= 15 is 0 Å². The Morgan fingerprint density at radius 1 is 1.50 bits per heavy atom. The Morgan fingerprint density at radius 3 is 3.19 bits per heavy atom. The first-order valence-corrected chi connectivity index (χ1v) is 9.21. The molecule has 2 aromatic heterocycles. The minimum atomic E-state index is -0.233. The van der Waals surface area contributed by atoms with Crippen molar-refractivity contribution < 1.29 is 14.6 Å². The Hall–Kier alpha value is -2.65. The van der Waals surface area contributed by atoms with E-state index < -0.39 is 0 Å². The molecular weight excluding hydrogens is 354 g/mol. The Balaban J connectivity index is 1.47. The number of urea groups is 1. The molecule has 2 N–H and O–H groups in total. The van der Waals surface area contributed by atoms with Gasteiger partial charge in [0.15, 0.2) is 0 Å². The summed E-state index contributed by atoms with van der Waals surface area (Å²) in [5.41, 5.74) is 4.19. The predicted octanol–water partition coefficient (Wildman–Crippen LogP) is 1.95. The Bertz CT molecular complexity index is 909. The predicted molar refractivity (Wildman–Crippen MR) is 96.1 cm³/mol. The van der Waals surface area contributed by atoms with Crippen LogP contribution in [0.1, 0.15) is 29.8 Å². The van der Waals surface area contributed by atoms with Gasteiger partial charge in [0.2, 0.25) is 4.96 Å². The number of nitrogens with zero attached hydrogens (tertiary/aromatic N) is 4. The summed E-state index contributed by atoms with van der Waals surface area (Å²) >= 11 is 1.45. The number of hydrogen-bond donors (Lipinski definition) is 2. The lowest BCUT2D eigenvalue weighted by Crippen LogP contribution is -2.41. The normalized spacial score (nSPS) is 15.2. The van der Waals surface area contributed by atoms with Crippen LogP contribution < -0.4 is 10.1 Å². The Labute approximate surface area is 154 Å². The van der Waals surface area contributed by atoms with Gasteiger partial charge in [-0.3, -0.25) is 0 Å². The molecule has 2 amide bonds. The van der Waals surface area contributed by atoms with Crippen molar-refractivity contribution in [1.82, 2.24) is 24.8 Å². The fourth-order valence-electron chi connectivity index (χ4n) is 2.93. The van der Waals surface area contributed by atoms with E-state index in [2.05, 4.69) is 15.4 Å². The second kappa shape index (κ2) is 6.93. The molecule has 1 aromatic carbocycles. The Morgan fingerprint density at radius 2 is 2.38 bits per heavy atom. The molecule has 0 saturated heterocycles. The molecule has 1 unspecified atom stereocenters. The SMILES string of the molecule is CC(NC(=O)N1CCOc2ccc(CO)cc2C1)c1cn2ncsc2n1. The number of ether oxygens (including phenoxy) is 1. The number of hydrogen-bond acceptors (Lipinski definition) is 6. The van der Waals surface area contributed by atoms with Crippen LogP contribution in [0.5, 0.6) is 5.75 Å². The number of benzene rings is 1. The zero-order chi connectivity index (χ0) is 18.1. The second-order valence-corrected chi connectivity index (χ2v) is 6.98. The standard InChI is InChI=1S/C17H19N5O3S/c1-11(14-8-22-17(20-14)26-10-18-22)19-16(24)21-4-5-25-15-3-2-12(9-23)6-13(15)7-21/h2-3,6,8,10-11,23H,4-5,7,9H2,1H3,(H,19,24).